The number of cyclic esters (lactones) is 1. The van der Waals surface area contributed by atoms with Crippen molar-refractivity contribution >= 4 is 23.7 Å². The number of rotatable bonds is 5. The van der Waals surface area contributed by atoms with E-state index in [1.807, 2.05) is 47.4 Å². The van der Waals surface area contributed by atoms with Gasteiger partial charge in [-0.3, -0.25) is 19.2 Å². The van der Waals surface area contributed by atoms with Crippen molar-refractivity contribution in [2.75, 3.05) is 26.2 Å². The Balaban J connectivity index is 1.39. The molecule has 2 N–H and O–H groups in total. The van der Waals surface area contributed by atoms with Gasteiger partial charge in [0.05, 0.1) is 18.6 Å². The van der Waals surface area contributed by atoms with Crippen LogP contribution in [0.3, 0.4) is 0 Å². The summed E-state index contributed by atoms with van der Waals surface area (Å²) in [6.07, 6.45) is 11.8. The molecule has 6 rings (SSSR count). The predicted octanol–water partition coefficient (Wildman–Crippen LogP) is 2.43. The van der Waals surface area contributed by atoms with Crippen molar-refractivity contribution in [3.8, 4) is 0 Å². The molecule has 1 aromatic carbocycles. The third-order valence-electron chi connectivity index (χ3n) is 9.65. The average Bonchev–Trinajstić information content (AvgIpc) is 3.40. The Hall–Kier alpha value is -3.50. The summed E-state index contributed by atoms with van der Waals surface area (Å²) in [7, 11) is 0. The first-order valence-electron chi connectivity index (χ1n) is 15.7. The third-order valence-corrected chi connectivity index (χ3v) is 9.65. The van der Waals surface area contributed by atoms with Crippen LogP contribution in [-0.4, -0.2) is 88.6 Å². The number of fused-ring (bicyclic) bond motifs is 2. The zero-order valence-corrected chi connectivity index (χ0v) is 24.4. The number of amides is 3. The van der Waals surface area contributed by atoms with Crippen LogP contribution in [0.25, 0.3) is 0 Å². The Morgan fingerprint density at radius 3 is 2.56 bits per heavy atom. The van der Waals surface area contributed by atoms with Crippen molar-refractivity contribution in [2.45, 2.75) is 81.3 Å². The summed E-state index contributed by atoms with van der Waals surface area (Å²) >= 11 is 0. The summed E-state index contributed by atoms with van der Waals surface area (Å²) in [5.74, 6) is -3.24. The molecule has 0 aromatic heterocycles. The molecule has 5 aliphatic rings. The largest absolute Gasteiger partial charge is 0.455 e. The van der Waals surface area contributed by atoms with Gasteiger partial charge < -0.3 is 29.7 Å². The van der Waals surface area contributed by atoms with Crippen molar-refractivity contribution in [3.63, 3.8) is 0 Å². The zero-order valence-electron chi connectivity index (χ0n) is 24.4. The predicted molar refractivity (Wildman–Crippen MR) is 156 cm³/mol. The molecule has 4 heterocycles. The Kier molecular flexibility index (Phi) is 8.68. The summed E-state index contributed by atoms with van der Waals surface area (Å²) in [6.45, 7) is 0.562. The van der Waals surface area contributed by atoms with Gasteiger partial charge in [0.25, 0.3) is 0 Å². The minimum absolute atomic E-state index is 0.0889. The number of ether oxygens (including phenoxy) is 2. The van der Waals surface area contributed by atoms with Gasteiger partial charge in [-0.1, -0.05) is 73.9 Å². The lowest BCUT2D eigenvalue weighted by Gasteiger charge is -2.39. The molecular formula is C33H41N3O7. The molecule has 1 spiro atoms. The van der Waals surface area contributed by atoms with Gasteiger partial charge in [0.1, 0.15) is 23.7 Å². The van der Waals surface area contributed by atoms with E-state index in [1.165, 1.54) is 4.90 Å². The lowest BCUT2D eigenvalue weighted by molar-refractivity contribution is -0.160. The van der Waals surface area contributed by atoms with Crippen LogP contribution in [0, 0.1) is 11.8 Å². The molecule has 230 valence electrons. The van der Waals surface area contributed by atoms with Crippen LogP contribution in [0.2, 0.25) is 0 Å². The maximum absolute atomic E-state index is 14.4. The second-order valence-electron chi connectivity index (χ2n) is 12.2. The van der Waals surface area contributed by atoms with Gasteiger partial charge in [0, 0.05) is 32.2 Å². The zero-order chi connectivity index (χ0) is 30.0. The van der Waals surface area contributed by atoms with Gasteiger partial charge >= 0.3 is 5.97 Å². The van der Waals surface area contributed by atoms with E-state index in [1.54, 1.807) is 12.2 Å². The Morgan fingerprint density at radius 2 is 1.79 bits per heavy atom. The molecular weight excluding hydrogens is 550 g/mol. The van der Waals surface area contributed by atoms with Crippen LogP contribution in [0.5, 0.6) is 0 Å². The Morgan fingerprint density at radius 1 is 1.00 bits per heavy atom. The molecule has 3 amide bonds. The second kappa shape index (κ2) is 12.6. The number of nitrogens with zero attached hydrogens (tertiary/aromatic N) is 2. The fraction of sp³-hybridized carbons (Fsp3) is 0.576. The molecule has 0 radical (unpaired) electrons. The van der Waals surface area contributed by atoms with E-state index in [0.717, 1.165) is 37.7 Å². The highest BCUT2D eigenvalue weighted by Gasteiger charge is 2.71. The van der Waals surface area contributed by atoms with E-state index >= 15 is 0 Å². The summed E-state index contributed by atoms with van der Waals surface area (Å²) in [5.41, 5.74) is -0.635. The van der Waals surface area contributed by atoms with E-state index in [9.17, 15) is 24.3 Å². The molecule has 1 aliphatic carbocycles. The van der Waals surface area contributed by atoms with Gasteiger partial charge in [-0.15, -0.1) is 0 Å². The Labute approximate surface area is 252 Å². The fourth-order valence-corrected chi connectivity index (χ4v) is 7.63. The normalized spacial score (nSPS) is 34.3. The summed E-state index contributed by atoms with van der Waals surface area (Å²) in [5, 5.41) is 12.5. The number of allylic oxidation sites excluding steroid dienone is 1. The second-order valence-corrected chi connectivity index (χ2v) is 12.2. The smallest absolute Gasteiger partial charge is 0.313 e. The number of esters is 1. The van der Waals surface area contributed by atoms with Crippen LogP contribution < -0.4 is 5.32 Å². The molecule has 1 saturated carbocycles. The minimum Gasteiger partial charge on any atom is -0.455 e. The number of benzene rings is 1. The molecule has 0 bridgehead atoms. The first-order chi connectivity index (χ1) is 20.9. The molecule has 4 aliphatic heterocycles. The van der Waals surface area contributed by atoms with Crippen molar-refractivity contribution in [1.29, 1.82) is 0 Å². The molecule has 10 heteroatoms. The Bertz CT molecular complexity index is 1280. The SMILES string of the molecule is O=C1CC/C=C\[C@H]2O[C@]34C=CCN(C5CCCCC5)C(=O)[C@H]3N(CCCO)C(=O)[C@@H]4[C@H]2C(=O)O[C@H](c2ccccc2)CN1. The van der Waals surface area contributed by atoms with Crippen LogP contribution >= 0.6 is 0 Å². The van der Waals surface area contributed by atoms with E-state index in [0.29, 0.717) is 19.4 Å². The molecule has 1 aromatic rings. The van der Waals surface area contributed by atoms with Crippen molar-refractivity contribution in [1.82, 2.24) is 15.1 Å². The molecule has 43 heavy (non-hydrogen) atoms. The first kappa shape index (κ1) is 29.6. The summed E-state index contributed by atoms with van der Waals surface area (Å²) < 4.78 is 12.8. The molecule has 0 unspecified atom stereocenters. The van der Waals surface area contributed by atoms with Crippen molar-refractivity contribution in [3.05, 3.63) is 60.2 Å². The molecule has 10 nitrogen and oxygen atoms in total. The maximum atomic E-state index is 14.4. The van der Waals surface area contributed by atoms with Crippen LogP contribution in [0.15, 0.2) is 54.6 Å². The quantitative estimate of drug-likeness (QED) is 0.398. The van der Waals surface area contributed by atoms with Gasteiger partial charge in [-0.2, -0.15) is 0 Å². The number of aliphatic hydroxyl groups is 1. The third kappa shape index (κ3) is 5.51. The highest BCUT2D eigenvalue weighted by molar-refractivity contribution is 5.99. The summed E-state index contributed by atoms with van der Waals surface area (Å²) in [6, 6.07) is 8.34. The van der Waals surface area contributed by atoms with Gasteiger partial charge in [-0.05, 0) is 31.2 Å². The van der Waals surface area contributed by atoms with Gasteiger partial charge in [0.15, 0.2) is 0 Å². The van der Waals surface area contributed by atoms with Crippen molar-refractivity contribution < 1.29 is 33.8 Å². The number of carbonyl (C=O) groups is 4. The minimum atomic E-state index is -1.36. The van der Waals surface area contributed by atoms with E-state index < -0.39 is 41.7 Å². The molecule has 6 atom stereocenters. The number of likely N-dealkylation sites (tertiary alicyclic amines) is 1. The van der Waals surface area contributed by atoms with E-state index in [2.05, 4.69) is 5.32 Å². The van der Waals surface area contributed by atoms with Gasteiger partial charge in [-0.25, -0.2) is 0 Å². The first-order valence-corrected chi connectivity index (χ1v) is 15.7. The summed E-state index contributed by atoms with van der Waals surface area (Å²) in [4.78, 5) is 58.9. The molecule has 2 saturated heterocycles. The van der Waals surface area contributed by atoms with Crippen LogP contribution in [-0.2, 0) is 28.7 Å². The number of hydrogen-bond donors (Lipinski definition) is 2. The fourth-order valence-electron chi connectivity index (χ4n) is 7.63. The maximum Gasteiger partial charge on any atom is 0.313 e. The van der Waals surface area contributed by atoms with Crippen LogP contribution in [0.4, 0.5) is 0 Å². The highest BCUT2D eigenvalue weighted by atomic mass is 16.6. The van der Waals surface area contributed by atoms with Crippen LogP contribution in [0.1, 0.15) is 63.0 Å². The number of carbonyl (C=O) groups excluding carboxylic acids is 4. The topological polar surface area (TPSA) is 125 Å². The number of hydrogen-bond acceptors (Lipinski definition) is 7. The van der Waals surface area contributed by atoms with E-state index in [4.69, 9.17) is 9.47 Å². The lowest BCUT2D eigenvalue weighted by atomic mass is 9.77. The molecule has 3 fully saturated rings. The number of nitrogens with one attached hydrogen (secondary N) is 1. The number of aliphatic hydroxyl groups excluding tert-OH is 1. The average molecular weight is 592 g/mol. The lowest BCUT2D eigenvalue weighted by Crippen LogP contribution is -2.57. The standard InChI is InChI=1S/C33H41N3O7/c37-20-10-19-36-29-31(40)35(23-13-5-2-6-14-23)18-9-17-33(29)28(30(36)39)27-24(43-33)15-7-8-16-26(38)34-21-25(42-32(27)41)22-11-3-1-4-12-22/h1,3-4,7,9,11-12,15,17,23-25,27-29,37H,2,5-6,8,10,13-14,16,18-21H2,(H,34,38)/b15-7-/t24-,25+,27+,28+,29-,33+/m1/s1. The monoisotopic (exact) mass is 591 g/mol. The highest BCUT2D eigenvalue weighted by Crippen LogP contribution is 2.53. The van der Waals surface area contributed by atoms with Crippen molar-refractivity contribution in [2.24, 2.45) is 11.8 Å². The van der Waals surface area contributed by atoms with E-state index in [-0.39, 0.29) is 49.9 Å². The van der Waals surface area contributed by atoms with Gasteiger partial charge in [0.2, 0.25) is 17.7 Å².